The normalized spacial score (nSPS) is 12.9. The van der Waals surface area contributed by atoms with Crippen LogP contribution in [0.5, 0.6) is 0 Å². The Kier molecular flexibility index (Phi) is 4.78. The smallest absolute Gasteiger partial charge is 0.350 e. The molecule has 1 aliphatic heterocycles. The van der Waals surface area contributed by atoms with E-state index in [2.05, 4.69) is 31.3 Å². The Morgan fingerprint density at radius 3 is 2.64 bits per heavy atom. The molecule has 28 heavy (non-hydrogen) atoms. The third-order valence-electron chi connectivity index (χ3n) is 4.27. The molecule has 0 bridgehead atoms. The lowest BCUT2D eigenvalue weighted by atomic mass is 10.3. The van der Waals surface area contributed by atoms with E-state index in [1.54, 1.807) is 30.6 Å². The number of halogens is 1. The summed E-state index contributed by atoms with van der Waals surface area (Å²) in [5, 5.41) is 6.85. The second-order valence-electron chi connectivity index (χ2n) is 6.18. The van der Waals surface area contributed by atoms with Crippen LogP contribution in [0.15, 0.2) is 58.1 Å². The molecule has 0 aliphatic carbocycles. The molecule has 0 saturated heterocycles. The molecule has 3 heterocycles. The van der Waals surface area contributed by atoms with Gasteiger partial charge in [-0.25, -0.2) is 14.3 Å². The van der Waals surface area contributed by atoms with Gasteiger partial charge in [-0.2, -0.15) is 9.67 Å². The number of benzene rings is 1. The van der Waals surface area contributed by atoms with Crippen LogP contribution in [0.25, 0.3) is 0 Å². The number of hydrogen-bond donors (Lipinski definition) is 1. The fraction of sp³-hybridized carbons (Fsp3) is 0.167. The van der Waals surface area contributed by atoms with Gasteiger partial charge in [0.05, 0.1) is 6.54 Å². The number of carbonyl (C=O) groups excluding carboxylic acids is 2. The summed E-state index contributed by atoms with van der Waals surface area (Å²) in [6, 6.07) is 10.3. The van der Waals surface area contributed by atoms with Crippen molar-refractivity contribution in [2.45, 2.75) is 19.6 Å². The lowest BCUT2D eigenvalue weighted by Crippen LogP contribution is -2.37. The number of nitrogens with one attached hydrogen (secondary N) is 1. The van der Waals surface area contributed by atoms with Gasteiger partial charge in [-0.1, -0.05) is 22.0 Å². The molecule has 10 heteroatoms. The third kappa shape index (κ3) is 3.46. The zero-order valence-corrected chi connectivity index (χ0v) is 16.2. The Bertz CT molecular complexity index is 1090. The van der Waals surface area contributed by atoms with Gasteiger partial charge in [-0.15, -0.1) is 0 Å². The van der Waals surface area contributed by atoms with Crippen LogP contribution in [0, 0.1) is 0 Å². The zero-order valence-electron chi connectivity index (χ0n) is 14.6. The molecule has 0 atom stereocenters. The van der Waals surface area contributed by atoms with Gasteiger partial charge in [0.25, 0.3) is 0 Å². The summed E-state index contributed by atoms with van der Waals surface area (Å²) in [6.07, 6.45) is 3.29. The second-order valence-corrected chi connectivity index (χ2v) is 7.09. The van der Waals surface area contributed by atoms with Gasteiger partial charge in [-0.3, -0.25) is 14.7 Å². The highest BCUT2D eigenvalue weighted by molar-refractivity contribution is 9.10. The fourth-order valence-electron chi connectivity index (χ4n) is 2.90. The Labute approximate surface area is 167 Å². The summed E-state index contributed by atoms with van der Waals surface area (Å²) in [5.74, 6) is -0.0714. The van der Waals surface area contributed by atoms with Crippen molar-refractivity contribution in [3.05, 3.63) is 75.1 Å². The third-order valence-corrected chi connectivity index (χ3v) is 4.80. The molecule has 0 fully saturated rings. The second kappa shape index (κ2) is 7.39. The van der Waals surface area contributed by atoms with E-state index in [-0.39, 0.29) is 19.0 Å². The minimum atomic E-state index is -0.629. The maximum Gasteiger partial charge on any atom is 0.354 e. The van der Waals surface area contributed by atoms with E-state index in [0.717, 1.165) is 19.3 Å². The van der Waals surface area contributed by atoms with Gasteiger partial charge >= 0.3 is 11.7 Å². The highest BCUT2D eigenvalue weighted by atomic mass is 79.9. The van der Waals surface area contributed by atoms with Crippen molar-refractivity contribution in [1.29, 1.82) is 0 Å². The van der Waals surface area contributed by atoms with Gasteiger partial charge in [0.1, 0.15) is 6.54 Å². The van der Waals surface area contributed by atoms with Crippen molar-refractivity contribution in [1.82, 2.24) is 24.6 Å². The van der Waals surface area contributed by atoms with Crippen LogP contribution in [-0.4, -0.2) is 31.3 Å². The van der Waals surface area contributed by atoms with Gasteiger partial charge in [0.15, 0.2) is 5.82 Å². The maximum atomic E-state index is 12.6. The Morgan fingerprint density at radius 1 is 1.18 bits per heavy atom. The molecule has 1 N–H and O–H groups in total. The number of carbonyl (C=O) groups is 2. The van der Waals surface area contributed by atoms with Crippen molar-refractivity contribution in [2.75, 3.05) is 4.90 Å². The first-order valence-electron chi connectivity index (χ1n) is 8.45. The molecule has 0 spiro atoms. The minimum absolute atomic E-state index is 0.167. The average molecular weight is 443 g/mol. The monoisotopic (exact) mass is 442 g/mol. The number of pyridine rings is 1. The van der Waals surface area contributed by atoms with E-state index < -0.39 is 11.7 Å². The van der Waals surface area contributed by atoms with Gasteiger partial charge in [0, 0.05) is 29.1 Å². The number of aromatic nitrogens is 4. The first-order chi connectivity index (χ1) is 13.5. The highest BCUT2D eigenvalue weighted by Crippen LogP contribution is 2.24. The van der Waals surface area contributed by atoms with Crippen LogP contribution in [0.3, 0.4) is 0 Å². The van der Waals surface area contributed by atoms with E-state index in [1.165, 1.54) is 4.90 Å². The molecule has 9 nitrogen and oxygen atoms in total. The van der Waals surface area contributed by atoms with Crippen molar-refractivity contribution in [3.63, 3.8) is 0 Å². The highest BCUT2D eigenvalue weighted by Gasteiger charge is 2.33. The van der Waals surface area contributed by atoms with Crippen LogP contribution in [0.2, 0.25) is 0 Å². The first kappa shape index (κ1) is 18.1. The van der Waals surface area contributed by atoms with Crippen LogP contribution in [-0.2, 0) is 24.4 Å². The predicted molar refractivity (Wildman–Crippen MR) is 104 cm³/mol. The molecule has 0 radical (unpaired) electrons. The summed E-state index contributed by atoms with van der Waals surface area (Å²) in [4.78, 5) is 42.7. The molecule has 0 saturated carbocycles. The number of hydrogen-bond acceptors (Lipinski definition) is 5. The standard InChI is InChI=1S/C18H15BrN6O3/c19-13-3-5-14(6-4-13)23-10-15-22-24(18(28)25(15)17(23)27)11-16(26)21-9-12-2-1-7-20-8-12/h1-8H,9-11H2,(H,21,26). The topological polar surface area (TPSA) is 102 Å². The lowest BCUT2D eigenvalue weighted by molar-refractivity contribution is -0.122. The molecule has 4 rings (SSSR count). The first-order valence-corrected chi connectivity index (χ1v) is 9.24. The summed E-state index contributed by atoms with van der Waals surface area (Å²) < 4.78 is 2.89. The van der Waals surface area contributed by atoms with E-state index in [9.17, 15) is 14.4 Å². The van der Waals surface area contributed by atoms with Crippen molar-refractivity contribution in [3.8, 4) is 0 Å². The van der Waals surface area contributed by atoms with Crippen LogP contribution >= 0.6 is 15.9 Å². The average Bonchev–Trinajstić information content (AvgIpc) is 3.18. The number of rotatable bonds is 5. The minimum Gasteiger partial charge on any atom is -0.350 e. The quantitative estimate of drug-likeness (QED) is 0.644. The SMILES string of the molecule is O=C(Cn1nc2n(c1=O)C(=O)N(c1ccc(Br)cc1)C2)NCc1cccnc1. The molecule has 2 aromatic heterocycles. The van der Waals surface area contributed by atoms with E-state index >= 15 is 0 Å². The van der Waals surface area contributed by atoms with Crippen molar-refractivity contribution < 1.29 is 9.59 Å². The number of anilines is 1. The summed E-state index contributed by atoms with van der Waals surface area (Å²) >= 11 is 3.35. The van der Waals surface area contributed by atoms with Gasteiger partial charge in [-0.05, 0) is 35.9 Å². The van der Waals surface area contributed by atoms with E-state index in [0.29, 0.717) is 18.1 Å². The van der Waals surface area contributed by atoms with Gasteiger partial charge in [0.2, 0.25) is 5.91 Å². The van der Waals surface area contributed by atoms with E-state index in [1.807, 2.05) is 18.2 Å². The Morgan fingerprint density at radius 2 is 1.96 bits per heavy atom. The lowest BCUT2D eigenvalue weighted by Gasteiger charge is -2.14. The summed E-state index contributed by atoms with van der Waals surface area (Å²) in [5.41, 5.74) is 0.880. The fourth-order valence-corrected chi connectivity index (χ4v) is 3.16. The van der Waals surface area contributed by atoms with E-state index in [4.69, 9.17) is 0 Å². The van der Waals surface area contributed by atoms with Gasteiger partial charge < -0.3 is 5.32 Å². The molecule has 1 aromatic carbocycles. The molecule has 0 unspecified atom stereocenters. The number of nitrogens with zero attached hydrogens (tertiary/aromatic N) is 5. The molecule has 1 aliphatic rings. The Hall–Kier alpha value is -3.27. The summed E-state index contributed by atoms with van der Waals surface area (Å²) in [7, 11) is 0. The molecular weight excluding hydrogens is 428 g/mol. The zero-order chi connectivity index (χ0) is 19.7. The predicted octanol–water partition coefficient (Wildman–Crippen LogP) is 1.51. The molecular formula is C18H15BrN6O3. The molecule has 142 valence electrons. The Balaban J connectivity index is 1.45. The molecule has 2 amide bonds. The van der Waals surface area contributed by atoms with Crippen molar-refractivity contribution in [2.24, 2.45) is 0 Å². The number of amides is 2. The largest absolute Gasteiger partial charge is 0.354 e. The van der Waals surface area contributed by atoms with Crippen LogP contribution in [0.1, 0.15) is 11.4 Å². The van der Waals surface area contributed by atoms with Crippen LogP contribution in [0.4, 0.5) is 10.5 Å². The molecule has 3 aromatic rings. The summed E-state index contributed by atoms with van der Waals surface area (Å²) in [6.45, 7) is 0.204. The van der Waals surface area contributed by atoms with Crippen LogP contribution < -0.4 is 15.9 Å². The van der Waals surface area contributed by atoms with Crippen molar-refractivity contribution >= 4 is 33.6 Å². The number of fused-ring (bicyclic) bond motifs is 1. The maximum absolute atomic E-state index is 12.6.